The van der Waals surface area contributed by atoms with Crippen LogP contribution in [0.3, 0.4) is 0 Å². The maximum absolute atomic E-state index is 13.2. The molecule has 0 radical (unpaired) electrons. The Balaban J connectivity index is 2.28. The van der Waals surface area contributed by atoms with Gasteiger partial charge in [-0.25, -0.2) is 0 Å². The Bertz CT molecular complexity index is 748. The summed E-state index contributed by atoms with van der Waals surface area (Å²) in [5.74, 6) is -0.0833. The number of carbonyl (C=O) groups is 1. The van der Waals surface area contributed by atoms with Gasteiger partial charge in [-0.05, 0) is 43.1 Å². The summed E-state index contributed by atoms with van der Waals surface area (Å²) in [5.41, 5.74) is 3.16. The smallest absolute Gasteiger partial charge is 0.253 e. The van der Waals surface area contributed by atoms with Crippen molar-refractivity contribution in [3.05, 3.63) is 71.3 Å². The third-order valence-corrected chi connectivity index (χ3v) is 9.93. The second kappa shape index (κ2) is 8.40. The second-order valence-corrected chi connectivity index (χ2v) is 13.6. The number of amides is 1. The van der Waals surface area contributed by atoms with E-state index in [2.05, 4.69) is 39.2 Å². The van der Waals surface area contributed by atoms with E-state index in [-0.39, 0.29) is 17.0 Å². The van der Waals surface area contributed by atoms with Crippen LogP contribution in [0.5, 0.6) is 0 Å². The first kappa shape index (κ1) is 21.4. The van der Waals surface area contributed by atoms with E-state index in [0.717, 1.165) is 11.1 Å². The first-order valence-corrected chi connectivity index (χ1v) is 12.5. The molecule has 0 heterocycles. The minimum atomic E-state index is -2.12. The lowest BCUT2D eigenvalue weighted by atomic mass is 10.1. The highest BCUT2D eigenvalue weighted by Gasteiger charge is 2.41. The summed E-state index contributed by atoms with van der Waals surface area (Å²) < 4.78 is 6.55. The van der Waals surface area contributed by atoms with Gasteiger partial charge in [0.05, 0.1) is 6.04 Å². The summed E-state index contributed by atoms with van der Waals surface area (Å²) >= 11 is 0. The largest absolute Gasteiger partial charge is 0.402 e. The number of nitrogens with one attached hydrogen (secondary N) is 1. The lowest BCUT2D eigenvalue weighted by Crippen LogP contribution is -2.45. The van der Waals surface area contributed by atoms with Gasteiger partial charge in [0, 0.05) is 0 Å². The zero-order valence-corrected chi connectivity index (χ0v) is 18.7. The van der Waals surface area contributed by atoms with Gasteiger partial charge in [0.15, 0.2) is 8.32 Å². The molecule has 0 aliphatic carbocycles. The highest BCUT2D eigenvalue weighted by molar-refractivity contribution is 6.74. The van der Waals surface area contributed by atoms with Crippen LogP contribution in [-0.4, -0.2) is 14.2 Å². The number of benzene rings is 2. The van der Waals surface area contributed by atoms with E-state index >= 15 is 0 Å². The Morgan fingerprint density at radius 1 is 0.963 bits per heavy atom. The quantitative estimate of drug-likeness (QED) is 0.627. The van der Waals surface area contributed by atoms with Gasteiger partial charge in [0.1, 0.15) is 6.10 Å². The molecule has 2 aromatic rings. The third-order valence-electron chi connectivity index (χ3n) is 5.50. The zero-order valence-electron chi connectivity index (χ0n) is 17.7. The summed E-state index contributed by atoms with van der Waals surface area (Å²) in [7, 11) is -2.12. The third kappa shape index (κ3) is 5.53. The van der Waals surface area contributed by atoms with E-state index in [4.69, 9.17) is 4.43 Å². The summed E-state index contributed by atoms with van der Waals surface area (Å²) in [6.07, 6.45) is -0.599. The van der Waals surface area contributed by atoms with Crippen molar-refractivity contribution in [2.75, 3.05) is 0 Å². The van der Waals surface area contributed by atoms with E-state index in [0.29, 0.717) is 0 Å². The monoisotopic (exact) mass is 383 g/mol. The molecule has 0 aliphatic heterocycles. The molecule has 2 rings (SSSR count). The summed E-state index contributed by atoms with van der Waals surface area (Å²) in [6.45, 7) is 15.0. The van der Waals surface area contributed by atoms with E-state index < -0.39 is 14.4 Å². The maximum atomic E-state index is 13.2. The molecule has 146 valence electrons. The highest BCUT2D eigenvalue weighted by atomic mass is 28.4. The van der Waals surface area contributed by atoms with Gasteiger partial charge in [-0.2, -0.15) is 0 Å². The average Bonchev–Trinajstić information content (AvgIpc) is 2.60. The lowest BCUT2D eigenvalue weighted by molar-refractivity contribution is -0.129. The Kier molecular flexibility index (Phi) is 6.66. The molecule has 2 atom stereocenters. The Labute approximate surface area is 165 Å². The number of rotatable bonds is 6. The molecule has 1 N–H and O–H groups in total. The summed E-state index contributed by atoms with van der Waals surface area (Å²) in [6, 6.07) is 18.0. The molecule has 0 saturated heterocycles. The molecular formula is C23H33NO2Si. The molecule has 0 fully saturated rings. The normalized spacial score (nSPS) is 14.5. The van der Waals surface area contributed by atoms with E-state index in [9.17, 15) is 4.79 Å². The van der Waals surface area contributed by atoms with Gasteiger partial charge in [-0.1, -0.05) is 80.9 Å². The van der Waals surface area contributed by atoms with Gasteiger partial charge < -0.3 is 9.74 Å². The molecule has 0 aromatic heterocycles. The van der Waals surface area contributed by atoms with Crippen molar-refractivity contribution in [3.63, 3.8) is 0 Å². The first-order valence-electron chi connectivity index (χ1n) is 9.61. The SMILES string of the molecule is Cc1ccc(C(O[Si](C)(C)C(C)(C)C)C(=O)N[C@H](C)c2ccccc2)cc1. The first-order chi connectivity index (χ1) is 12.5. The molecule has 1 amide bonds. The van der Waals surface area contributed by atoms with Gasteiger partial charge in [0.25, 0.3) is 5.91 Å². The molecule has 3 nitrogen and oxygen atoms in total. The summed E-state index contributed by atoms with van der Waals surface area (Å²) in [5, 5.41) is 3.17. The lowest BCUT2D eigenvalue weighted by Gasteiger charge is -2.39. The summed E-state index contributed by atoms with van der Waals surface area (Å²) in [4.78, 5) is 13.2. The fourth-order valence-corrected chi connectivity index (χ4v) is 3.79. The van der Waals surface area contributed by atoms with Gasteiger partial charge in [-0.15, -0.1) is 0 Å². The number of aryl methyl sites for hydroxylation is 1. The molecular weight excluding hydrogens is 350 g/mol. The van der Waals surface area contributed by atoms with E-state index in [1.807, 2.05) is 68.4 Å². The van der Waals surface area contributed by atoms with Crippen molar-refractivity contribution >= 4 is 14.2 Å². The van der Waals surface area contributed by atoms with Gasteiger partial charge >= 0.3 is 0 Å². The molecule has 0 aliphatic rings. The minimum Gasteiger partial charge on any atom is -0.402 e. The van der Waals surface area contributed by atoms with Crippen LogP contribution >= 0.6 is 0 Å². The molecule has 1 unspecified atom stereocenters. The van der Waals surface area contributed by atoms with Crippen LogP contribution in [0.15, 0.2) is 54.6 Å². The molecule has 0 saturated carbocycles. The minimum absolute atomic E-state index is 0.0290. The van der Waals surface area contributed by atoms with Crippen molar-refractivity contribution in [1.82, 2.24) is 5.32 Å². The molecule has 0 bridgehead atoms. The van der Waals surface area contributed by atoms with Crippen molar-refractivity contribution in [2.24, 2.45) is 0 Å². The number of carbonyl (C=O) groups excluding carboxylic acids is 1. The van der Waals surface area contributed by atoms with E-state index in [1.54, 1.807) is 0 Å². The van der Waals surface area contributed by atoms with Crippen LogP contribution in [0.25, 0.3) is 0 Å². The van der Waals surface area contributed by atoms with E-state index in [1.165, 1.54) is 5.56 Å². The Morgan fingerprint density at radius 2 is 1.52 bits per heavy atom. The Hall–Kier alpha value is -1.91. The predicted octanol–water partition coefficient (Wildman–Crippen LogP) is 5.94. The topological polar surface area (TPSA) is 38.3 Å². The molecule has 0 spiro atoms. The van der Waals surface area contributed by atoms with Crippen LogP contribution in [0.2, 0.25) is 18.1 Å². The van der Waals surface area contributed by atoms with Gasteiger partial charge in [0.2, 0.25) is 0 Å². The highest BCUT2D eigenvalue weighted by Crippen LogP contribution is 2.40. The van der Waals surface area contributed by atoms with Crippen LogP contribution in [0, 0.1) is 6.92 Å². The molecule has 27 heavy (non-hydrogen) atoms. The van der Waals surface area contributed by atoms with Crippen LogP contribution in [0.4, 0.5) is 0 Å². The van der Waals surface area contributed by atoms with Crippen LogP contribution in [0.1, 0.15) is 56.5 Å². The van der Waals surface area contributed by atoms with Crippen molar-refractivity contribution in [2.45, 2.75) is 64.9 Å². The van der Waals surface area contributed by atoms with Gasteiger partial charge in [-0.3, -0.25) is 4.79 Å². The van der Waals surface area contributed by atoms with Crippen LogP contribution < -0.4 is 5.32 Å². The fourth-order valence-electron chi connectivity index (χ4n) is 2.60. The van der Waals surface area contributed by atoms with Crippen molar-refractivity contribution in [3.8, 4) is 0 Å². The second-order valence-electron chi connectivity index (χ2n) is 8.81. The number of hydrogen-bond acceptors (Lipinski definition) is 2. The average molecular weight is 384 g/mol. The Morgan fingerprint density at radius 3 is 2.04 bits per heavy atom. The van der Waals surface area contributed by atoms with Crippen molar-refractivity contribution in [1.29, 1.82) is 0 Å². The zero-order chi connectivity index (χ0) is 20.2. The van der Waals surface area contributed by atoms with Crippen molar-refractivity contribution < 1.29 is 9.22 Å². The van der Waals surface area contributed by atoms with Crippen LogP contribution in [-0.2, 0) is 9.22 Å². The molecule has 2 aromatic carbocycles. The number of hydrogen-bond donors (Lipinski definition) is 1. The maximum Gasteiger partial charge on any atom is 0.253 e. The fraction of sp³-hybridized carbons (Fsp3) is 0.435. The standard InChI is InChI=1S/C23H33NO2Si/c1-17-13-15-20(16-14-17)21(26-27(6,7)23(3,4)5)22(25)24-18(2)19-11-9-8-10-12-19/h8-16,18,21H,1-7H3,(H,24,25)/t18-,21?/m1/s1. The molecule has 4 heteroatoms. The predicted molar refractivity (Wildman–Crippen MR) is 115 cm³/mol.